The number of sulfone groups is 1. The van der Waals surface area contributed by atoms with Crippen molar-refractivity contribution in [3.05, 3.63) is 22.7 Å². The first-order valence-electron chi connectivity index (χ1n) is 5.07. The second kappa shape index (κ2) is 6.28. The topological polar surface area (TPSA) is 82.3 Å². The van der Waals surface area contributed by atoms with Crippen LogP contribution in [0.2, 0.25) is 5.02 Å². The lowest BCUT2D eigenvalue weighted by Gasteiger charge is -2.07. The Kier molecular flexibility index (Phi) is 5.23. The fourth-order valence-corrected chi connectivity index (χ4v) is 2.50. The standard InChI is InChI=1S/C11H12ClN3O2S2/c1-7-4-8(19(3,16)17)5-9(10(7)12)15-11(18-2)14-6-13/h4-5H,1-3H3,(H,14,15). The van der Waals surface area contributed by atoms with Gasteiger partial charge in [-0.1, -0.05) is 23.4 Å². The van der Waals surface area contributed by atoms with E-state index >= 15 is 0 Å². The van der Waals surface area contributed by atoms with Crippen LogP contribution < -0.4 is 5.32 Å². The van der Waals surface area contributed by atoms with Crippen molar-refractivity contribution in [2.45, 2.75) is 11.8 Å². The lowest BCUT2D eigenvalue weighted by atomic mass is 10.2. The van der Waals surface area contributed by atoms with Crippen LogP contribution in [0.5, 0.6) is 0 Å². The molecule has 0 aromatic heterocycles. The van der Waals surface area contributed by atoms with Gasteiger partial charge in [-0.05, 0) is 30.9 Å². The molecule has 0 amide bonds. The van der Waals surface area contributed by atoms with Crippen LogP contribution in [-0.2, 0) is 9.84 Å². The Balaban J connectivity index is 3.44. The zero-order valence-corrected chi connectivity index (χ0v) is 12.9. The molecular formula is C11H12ClN3O2S2. The highest BCUT2D eigenvalue weighted by molar-refractivity contribution is 8.13. The van der Waals surface area contributed by atoms with E-state index in [1.165, 1.54) is 23.9 Å². The van der Waals surface area contributed by atoms with Crippen molar-refractivity contribution in [2.75, 3.05) is 12.5 Å². The summed E-state index contributed by atoms with van der Waals surface area (Å²) in [6, 6.07) is 2.88. The van der Waals surface area contributed by atoms with Gasteiger partial charge in [0.1, 0.15) is 0 Å². The van der Waals surface area contributed by atoms with E-state index in [4.69, 9.17) is 16.9 Å². The molecule has 0 spiro atoms. The van der Waals surface area contributed by atoms with Gasteiger partial charge in [-0.15, -0.1) is 0 Å². The summed E-state index contributed by atoms with van der Waals surface area (Å²) in [5.41, 5.74) is 0.926. The molecule has 102 valence electrons. The van der Waals surface area contributed by atoms with Gasteiger partial charge in [0.2, 0.25) is 0 Å². The Morgan fingerprint density at radius 3 is 2.63 bits per heavy atom. The SMILES string of the molecule is CSC(=Nc1cc(S(C)(=O)=O)cc(C)c1Cl)NC#N. The molecule has 0 atom stereocenters. The highest BCUT2D eigenvalue weighted by Gasteiger charge is 2.13. The van der Waals surface area contributed by atoms with Gasteiger partial charge in [0, 0.05) is 6.26 Å². The monoisotopic (exact) mass is 317 g/mol. The number of amidine groups is 1. The van der Waals surface area contributed by atoms with Gasteiger partial charge in [0.15, 0.2) is 21.2 Å². The van der Waals surface area contributed by atoms with Crippen LogP contribution in [0.1, 0.15) is 5.56 Å². The van der Waals surface area contributed by atoms with Crippen LogP contribution in [0.25, 0.3) is 0 Å². The summed E-state index contributed by atoms with van der Waals surface area (Å²) in [7, 11) is -3.34. The molecule has 8 heteroatoms. The van der Waals surface area contributed by atoms with Gasteiger partial charge in [0.25, 0.3) is 0 Å². The molecule has 1 aromatic carbocycles. The lowest BCUT2D eigenvalue weighted by Crippen LogP contribution is -2.12. The minimum Gasteiger partial charge on any atom is -0.271 e. The molecule has 0 saturated carbocycles. The van der Waals surface area contributed by atoms with Crippen molar-refractivity contribution in [2.24, 2.45) is 4.99 Å². The number of hydrogen-bond acceptors (Lipinski definition) is 5. The van der Waals surface area contributed by atoms with Crippen molar-refractivity contribution in [1.29, 1.82) is 5.26 Å². The fraction of sp³-hybridized carbons (Fsp3) is 0.273. The summed E-state index contributed by atoms with van der Waals surface area (Å²) in [4.78, 5) is 4.30. The van der Waals surface area contributed by atoms with Gasteiger partial charge in [-0.25, -0.2) is 13.4 Å². The third kappa shape index (κ3) is 4.13. The van der Waals surface area contributed by atoms with E-state index in [2.05, 4.69) is 10.3 Å². The van der Waals surface area contributed by atoms with E-state index in [-0.39, 0.29) is 4.90 Å². The first-order chi connectivity index (χ1) is 8.79. The Labute approximate surface area is 121 Å². The van der Waals surface area contributed by atoms with E-state index < -0.39 is 9.84 Å². The summed E-state index contributed by atoms with van der Waals surface area (Å²) in [5.74, 6) is 0. The van der Waals surface area contributed by atoms with E-state index in [1.54, 1.807) is 19.4 Å². The van der Waals surface area contributed by atoms with Gasteiger partial charge < -0.3 is 0 Å². The normalized spacial score (nSPS) is 12.1. The first-order valence-corrected chi connectivity index (χ1v) is 8.57. The number of nitrogens with one attached hydrogen (secondary N) is 1. The number of nitrogens with zero attached hydrogens (tertiary/aromatic N) is 2. The molecular weight excluding hydrogens is 306 g/mol. The summed E-state index contributed by atoms with van der Waals surface area (Å²) >= 11 is 7.32. The quantitative estimate of drug-likeness (QED) is 0.392. The second-order valence-corrected chi connectivity index (χ2v) is 6.89. The van der Waals surface area contributed by atoms with Crippen molar-refractivity contribution >= 4 is 44.1 Å². The number of hydrogen-bond donors (Lipinski definition) is 1. The molecule has 19 heavy (non-hydrogen) atoms. The summed E-state index contributed by atoms with van der Waals surface area (Å²) in [6.45, 7) is 1.70. The van der Waals surface area contributed by atoms with Crippen LogP contribution in [-0.4, -0.2) is 26.1 Å². The molecule has 1 aromatic rings. The van der Waals surface area contributed by atoms with E-state index in [0.29, 0.717) is 21.4 Å². The van der Waals surface area contributed by atoms with Crippen molar-refractivity contribution in [1.82, 2.24) is 5.32 Å². The van der Waals surface area contributed by atoms with Crippen LogP contribution in [0.3, 0.4) is 0 Å². The number of benzene rings is 1. The molecule has 0 unspecified atom stereocenters. The highest BCUT2D eigenvalue weighted by Crippen LogP contribution is 2.32. The van der Waals surface area contributed by atoms with Gasteiger partial charge in [-0.2, -0.15) is 5.26 Å². The minimum absolute atomic E-state index is 0.144. The maximum atomic E-state index is 11.6. The maximum absolute atomic E-state index is 11.6. The van der Waals surface area contributed by atoms with Gasteiger partial charge in [-0.3, -0.25) is 5.32 Å². The highest BCUT2D eigenvalue weighted by atomic mass is 35.5. The number of halogens is 1. The Morgan fingerprint density at radius 1 is 1.53 bits per heavy atom. The molecule has 0 aliphatic heterocycles. The van der Waals surface area contributed by atoms with Crippen molar-refractivity contribution in [3.63, 3.8) is 0 Å². The molecule has 0 aliphatic rings. The molecule has 0 saturated heterocycles. The van der Waals surface area contributed by atoms with E-state index in [0.717, 1.165) is 6.26 Å². The molecule has 0 fully saturated rings. The largest absolute Gasteiger partial charge is 0.271 e. The van der Waals surface area contributed by atoms with Crippen molar-refractivity contribution < 1.29 is 8.42 Å². The average Bonchev–Trinajstić information content (AvgIpc) is 2.32. The van der Waals surface area contributed by atoms with Crippen molar-refractivity contribution in [3.8, 4) is 6.19 Å². The van der Waals surface area contributed by atoms with Crippen LogP contribution >= 0.6 is 23.4 Å². The van der Waals surface area contributed by atoms with Gasteiger partial charge in [0.05, 0.1) is 15.6 Å². The number of aliphatic imine (C=N–C) groups is 1. The smallest absolute Gasteiger partial charge is 0.183 e. The zero-order valence-electron chi connectivity index (χ0n) is 10.6. The Hall–Kier alpha value is -1.23. The average molecular weight is 318 g/mol. The van der Waals surface area contributed by atoms with Crippen LogP contribution in [0, 0.1) is 18.4 Å². The van der Waals surface area contributed by atoms with Gasteiger partial charge >= 0.3 is 0 Å². The summed E-state index contributed by atoms with van der Waals surface area (Å²) in [6.07, 6.45) is 4.61. The third-order valence-electron chi connectivity index (χ3n) is 2.22. The summed E-state index contributed by atoms with van der Waals surface area (Å²) in [5, 5.41) is 11.7. The number of rotatable bonds is 2. The molecule has 0 heterocycles. The van der Waals surface area contributed by atoms with E-state index in [1.807, 2.05) is 0 Å². The number of aryl methyl sites for hydroxylation is 1. The molecule has 0 radical (unpaired) electrons. The predicted octanol–water partition coefficient (Wildman–Crippen LogP) is 2.47. The van der Waals surface area contributed by atoms with Crippen LogP contribution in [0.15, 0.2) is 22.0 Å². The molecule has 5 nitrogen and oxygen atoms in total. The Morgan fingerprint density at radius 2 is 2.16 bits per heavy atom. The maximum Gasteiger partial charge on any atom is 0.183 e. The van der Waals surface area contributed by atoms with Crippen LogP contribution in [0.4, 0.5) is 5.69 Å². The molecule has 0 aliphatic carbocycles. The zero-order chi connectivity index (χ0) is 14.6. The lowest BCUT2D eigenvalue weighted by molar-refractivity contribution is 0.602. The Bertz CT molecular complexity index is 663. The second-order valence-electron chi connectivity index (χ2n) is 3.70. The minimum atomic E-state index is -3.34. The molecule has 1 N–H and O–H groups in total. The molecule has 0 bridgehead atoms. The fourth-order valence-electron chi connectivity index (χ4n) is 1.30. The predicted molar refractivity (Wildman–Crippen MR) is 78.7 cm³/mol. The summed E-state index contributed by atoms with van der Waals surface area (Å²) < 4.78 is 23.1. The first kappa shape index (κ1) is 15.8. The van der Waals surface area contributed by atoms with E-state index in [9.17, 15) is 8.42 Å². The molecule has 1 rings (SSSR count). The number of nitriles is 1. The number of thioether (sulfide) groups is 1. The third-order valence-corrected chi connectivity index (χ3v) is 4.38.